The number of carbonyl (C=O) groups is 2. The van der Waals surface area contributed by atoms with E-state index in [0.29, 0.717) is 17.5 Å². The molecule has 2 amide bonds. The Bertz CT molecular complexity index is 832. The van der Waals surface area contributed by atoms with Crippen molar-refractivity contribution < 1.29 is 9.59 Å². The minimum absolute atomic E-state index is 0.133. The molecule has 4 nitrogen and oxygen atoms in total. The molecular formula is C25H32N2O2S. The van der Waals surface area contributed by atoms with Crippen LogP contribution in [0.5, 0.6) is 0 Å². The van der Waals surface area contributed by atoms with Gasteiger partial charge in [-0.1, -0.05) is 58.2 Å². The highest BCUT2D eigenvalue weighted by atomic mass is 32.2. The van der Waals surface area contributed by atoms with Gasteiger partial charge in [0.2, 0.25) is 5.91 Å². The Morgan fingerprint density at radius 2 is 1.83 bits per heavy atom. The highest BCUT2D eigenvalue weighted by Gasteiger charge is 2.37. The van der Waals surface area contributed by atoms with Gasteiger partial charge in [-0.2, -0.15) is 0 Å². The lowest BCUT2D eigenvalue weighted by Crippen LogP contribution is -2.52. The first kappa shape index (κ1) is 22.5. The summed E-state index contributed by atoms with van der Waals surface area (Å²) in [5.41, 5.74) is 1.84. The second-order valence-corrected chi connectivity index (χ2v) is 9.76. The fourth-order valence-electron chi connectivity index (χ4n) is 4.15. The third kappa shape index (κ3) is 5.29. The Kier molecular flexibility index (Phi) is 7.66. The van der Waals surface area contributed by atoms with Crippen LogP contribution in [-0.2, 0) is 9.59 Å². The monoisotopic (exact) mass is 424 g/mol. The first-order chi connectivity index (χ1) is 14.4. The lowest BCUT2D eigenvalue weighted by Gasteiger charge is -2.32. The number of anilines is 1. The fourth-order valence-corrected chi connectivity index (χ4v) is 5.40. The predicted octanol–water partition coefficient (Wildman–Crippen LogP) is 4.86. The molecule has 2 atom stereocenters. The van der Waals surface area contributed by atoms with Crippen LogP contribution in [0.2, 0.25) is 0 Å². The summed E-state index contributed by atoms with van der Waals surface area (Å²) in [5.74, 6) is 3.28. The van der Waals surface area contributed by atoms with Crippen LogP contribution in [0.1, 0.15) is 64.4 Å². The van der Waals surface area contributed by atoms with E-state index < -0.39 is 11.9 Å². The molecule has 0 radical (unpaired) electrons. The number of allylic oxidation sites excluding steroid dienone is 1. The number of hydrogen-bond donors (Lipinski definition) is 1. The number of benzene rings is 1. The van der Waals surface area contributed by atoms with Gasteiger partial charge in [0.05, 0.1) is 0 Å². The molecule has 1 fully saturated rings. The normalized spacial score (nSPS) is 20.4. The molecule has 2 aliphatic rings. The van der Waals surface area contributed by atoms with Crippen LogP contribution in [0.15, 0.2) is 35.2 Å². The number of carbonyl (C=O) groups excluding carboxylic acids is 2. The van der Waals surface area contributed by atoms with Crippen molar-refractivity contribution in [1.29, 1.82) is 0 Å². The first-order valence-corrected chi connectivity index (χ1v) is 11.9. The van der Waals surface area contributed by atoms with E-state index in [1.54, 1.807) is 11.8 Å². The number of terminal acetylenes is 1. The summed E-state index contributed by atoms with van der Waals surface area (Å²) in [7, 11) is 0. The molecule has 0 bridgehead atoms. The Labute approximate surface area is 184 Å². The SMILES string of the molecule is C#CC(=O)N(c1ccc(C(C)C)cc1)C(C(=O)NC1CCCCC1)C1=CC(C)CS1. The van der Waals surface area contributed by atoms with Crippen LogP contribution < -0.4 is 10.2 Å². The van der Waals surface area contributed by atoms with Crippen molar-refractivity contribution >= 4 is 29.3 Å². The molecule has 30 heavy (non-hydrogen) atoms. The largest absolute Gasteiger partial charge is 0.351 e. The maximum Gasteiger partial charge on any atom is 0.303 e. The maximum atomic E-state index is 13.5. The van der Waals surface area contributed by atoms with Crippen molar-refractivity contribution in [3.05, 3.63) is 40.8 Å². The molecule has 1 aromatic carbocycles. The number of thioether (sulfide) groups is 1. The van der Waals surface area contributed by atoms with Gasteiger partial charge in [-0.3, -0.25) is 14.5 Å². The Morgan fingerprint density at radius 3 is 2.37 bits per heavy atom. The van der Waals surface area contributed by atoms with Crippen molar-refractivity contribution in [1.82, 2.24) is 5.32 Å². The van der Waals surface area contributed by atoms with E-state index in [1.165, 1.54) is 16.9 Å². The van der Waals surface area contributed by atoms with E-state index in [9.17, 15) is 9.59 Å². The van der Waals surface area contributed by atoms with Crippen LogP contribution >= 0.6 is 11.8 Å². The smallest absolute Gasteiger partial charge is 0.303 e. The van der Waals surface area contributed by atoms with E-state index in [2.05, 4.69) is 38.1 Å². The van der Waals surface area contributed by atoms with Crippen molar-refractivity contribution in [2.45, 2.75) is 70.9 Å². The van der Waals surface area contributed by atoms with Crippen molar-refractivity contribution in [3.63, 3.8) is 0 Å². The zero-order valence-electron chi connectivity index (χ0n) is 18.2. The Hall–Kier alpha value is -2.19. The molecule has 1 aromatic rings. The number of hydrogen-bond acceptors (Lipinski definition) is 3. The van der Waals surface area contributed by atoms with Gasteiger partial charge in [0.25, 0.3) is 0 Å². The van der Waals surface area contributed by atoms with Crippen molar-refractivity contribution in [2.24, 2.45) is 5.92 Å². The Morgan fingerprint density at radius 1 is 1.17 bits per heavy atom. The topological polar surface area (TPSA) is 49.4 Å². The molecule has 0 saturated heterocycles. The van der Waals surface area contributed by atoms with Gasteiger partial charge in [-0.15, -0.1) is 18.2 Å². The molecule has 1 N–H and O–H groups in total. The molecule has 160 valence electrons. The Balaban J connectivity index is 1.96. The van der Waals surface area contributed by atoms with Crippen LogP contribution in [0, 0.1) is 18.3 Å². The van der Waals surface area contributed by atoms with Gasteiger partial charge in [0.1, 0.15) is 6.04 Å². The molecule has 1 aliphatic heterocycles. The van der Waals surface area contributed by atoms with E-state index in [1.807, 2.05) is 24.3 Å². The maximum absolute atomic E-state index is 13.5. The summed E-state index contributed by atoms with van der Waals surface area (Å²) < 4.78 is 0. The van der Waals surface area contributed by atoms with Gasteiger partial charge < -0.3 is 5.32 Å². The van der Waals surface area contributed by atoms with E-state index in [0.717, 1.165) is 36.3 Å². The van der Waals surface area contributed by atoms with Crippen LogP contribution in [0.3, 0.4) is 0 Å². The standard InChI is InChI=1S/C25H32N2O2S/c1-5-23(28)27(21-13-11-19(12-14-21)17(2)3)24(22-15-18(4)16-30-22)25(29)26-20-9-7-6-8-10-20/h1,11-15,17-18,20,24H,6-10,16H2,2-4H3,(H,26,29). The predicted molar refractivity (Wildman–Crippen MR) is 125 cm³/mol. The fraction of sp³-hybridized carbons (Fsp3) is 0.520. The van der Waals surface area contributed by atoms with Crippen molar-refractivity contribution in [3.8, 4) is 12.3 Å². The first-order valence-electron chi connectivity index (χ1n) is 11.0. The molecular weight excluding hydrogens is 392 g/mol. The summed E-state index contributed by atoms with van der Waals surface area (Å²) in [4.78, 5) is 28.8. The second kappa shape index (κ2) is 10.2. The third-order valence-corrected chi connectivity index (χ3v) is 7.25. The zero-order chi connectivity index (χ0) is 21.7. The molecule has 0 spiro atoms. The van der Waals surface area contributed by atoms with Gasteiger partial charge in [0.15, 0.2) is 0 Å². The van der Waals surface area contributed by atoms with Gasteiger partial charge >= 0.3 is 5.91 Å². The van der Waals surface area contributed by atoms with Crippen LogP contribution in [0.4, 0.5) is 5.69 Å². The third-order valence-electron chi connectivity index (χ3n) is 5.87. The second-order valence-electron chi connectivity index (χ2n) is 8.67. The summed E-state index contributed by atoms with van der Waals surface area (Å²) in [5, 5.41) is 3.21. The van der Waals surface area contributed by atoms with Crippen LogP contribution in [-0.4, -0.2) is 29.7 Å². The number of nitrogens with zero attached hydrogens (tertiary/aromatic N) is 1. The lowest BCUT2D eigenvalue weighted by atomic mass is 9.95. The molecule has 1 aliphatic carbocycles. The molecule has 1 saturated carbocycles. The van der Waals surface area contributed by atoms with Gasteiger partial charge in [-0.25, -0.2) is 0 Å². The summed E-state index contributed by atoms with van der Waals surface area (Å²) in [6, 6.07) is 7.25. The number of nitrogens with one attached hydrogen (secondary N) is 1. The van der Waals surface area contributed by atoms with Gasteiger partial charge in [0, 0.05) is 22.4 Å². The number of rotatable bonds is 6. The average Bonchev–Trinajstić information content (AvgIpc) is 3.17. The van der Waals surface area contributed by atoms with Crippen molar-refractivity contribution in [2.75, 3.05) is 10.7 Å². The lowest BCUT2D eigenvalue weighted by molar-refractivity contribution is -0.124. The molecule has 3 rings (SSSR count). The van der Waals surface area contributed by atoms with E-state index in [4.69, 9.17) is 6.42 Å². The number of amides is 2. The molecule has 1 heterocycles. The molecule has 5 heteroatoms. The minimum Gasteiger partial charge on any atom is -0.351 e. The molecule has 2 unspecified atom stereocenters. The molecule has 0 aromatic heterocycles. The van der Waals surface area contributed by atoms with Gasteiger partial charge in [-0.05, 0) is 48.3 Å². The van der Waals surface area contributed by atoms with E-state index >= 15 is 0 Å². The van der Waals surface area contributed by atoms with Crippen LogP contribution in [0.25, 0.3) is 0 Å². The van der Waals surface area contributed by atoms with E-state index in [-0.39, 0.29) is 11.9 Å². The summed E-state index contributed by atoms with van der Waals surface area (Å²) in [6.07, 6.45) is 13.1. The minimum atomic E-state index is -0.727. The quantitative estimate of drug-likeness (QED) is 0.664. The average molecular weight is 425 g/mol. The zero-order valence-corrected chi connectivity index (χ0v) is 19.0. The highest BCUT2D eigenvalue weighted by Crippen LogP contribution is 2.36. The highest BCUT2D eigenvalue weighted by molar-refractivity contribution is 8.03. The summed E-state index contributed by atoms with van der Waals surface area (Å²) in [6.45, 7) is 6.38. The summed E-state index contributed by atoms with van der Waals surface area (Å²) >= 11 is 1.65.